The van der Waals surface area contributed by atoms with Crippen LogP contribution in [0.5, 0.6) is 34.5 Å². The van der Waals surface area contributed by atoms with E-state index in [9.17, 15) is 9.59 Å². The Morgan fingerprint density at radius 1 is 0.492 bits per heavy atom. The molecule has 0 spiro atoms. The number of para-hydroxylation sites is 2. The van der Waals surface area contributed by atoms with Gasteiger partial charge in [0.1, 0.15) is 11.4 Å². The second-order valence-electron chi connectivity index (χ2n) is 15.3. The number of hydrogen-bond donors (Lipinski definition) is 0. The maximum atomic E-state index is 13.9. The molecule has 0 saturated heterocycles. The lowest BCUT2D eigenvalue weighted by Gasteiger charge is -2.16. The molecule has 0 unspecified atom stereocenters. The van der Waals surface area contributed by atoms with E-state index in [1.54, 1.807) is 54.8 Å². The van der Waals surface area contributed by atoms with Crippen LogP contribution in [0.25, 0.3) is 66.1 Å². The third-order valence-corrected chi connectivity index (χ3v) is 11.4. The van der Waals surface area contributed by atoms with E-state index in [4.69, 9.17) is 47.9 Å². The molecule has 4 heterocycles. The van der Waals surface area contributed by atoms with Gasteiger partial charge in [0.25, 0.3) is 0 Å². The van der Waals surface area contributed by atoms with Crippen LogP contribution < -0.4 is 28.4 Å². The standard InChI is InChI=1S/C51H52N4O10/c1-9-20-54-38-18-13-11-16-32(38)34-28-36(52-44(46(34)54)30-24-40(58-3)48(62-7)41(25-30)59-4)50(56)64-22-15-23-65-51(57)37-29-35-33-17-12-14-19-39(33)55(21-10-2)47(35)45(53-37)31-26-42(60-5)49(63-8)43(27-31)61-6/h11-14,16-19,24-29H,9-10,15,20-23H2,1-8H3. The Labute approximate surface area is 376 Å². The molecule has 8 rings (SSSR count). The number of fused-ring (bicyclic) bond motifs is 6. The number of rotatable bonds is 18. The maximum absolute atomic E-state index is 13.9. The Hall–Kier alpha value is -7.48. The van der Waals surface area contributed by atoms with Crippen LogP contribution in [-0.4, -0.2) is 86.9 Å². The van der Waals surface area contributed by atoms with Crippen LogP contribution in [0.4, 0.5) is 0 Å². The summed E-state index contributed by atoms with van der Waals surface area (Å²) in [6, 6.07) is 27.0. The van der Waals surface area contributed by atoms with Crippen LogP contribution in [0.1, 0.15) is 54.1 Å². The van der Waals surface area contributed by atoms with Gasteiger partial charge >= 0.3 is 11.9 Å². The highest BCUT2D eigenvalue weighted by Gasteiger charge is 2.26. The van der Waals surface area contributed by atoms with E-state index in [0.29, 0.717) is 57.0 Å². The third kappa shape index (κ3) is 8.04. The molecule has 0 saturated carbocycles. The first kappa shape index (κ1) is 44.1. The molecule has 65 heavy (non-hydrogen) atoms. The number of ether oxygens (including phenoxy) is 8. The molecule has 0 aliphatic carbocycles. The Kier molecular flexibility index (Phi) is 13.0. The number of benzene rings is 4. The molecule has 8 aromatic rings. The molecule has 4 aromatic carbocycles. The van der Waals surface area contributed by atoms with Gasteiger partial charge in [-0.05, 0) is 61.4 Å². The van der Waals surface area contributed by atoms with Gasteiger partial charge in [-0.3, -0.25) is 0 Å². The number of pyridine rings is 2. The first-order chi connectivity index (χ1) is 31.7. The van der Waals surface area contributed by atoms with Crippen LogP contribution in [0.3, 0.4) is 0 Å². The largest absolute Gasteiger partial charge is 0.493 e. The molecule has 336 valence electrons. The van der Waals surface area contributed by atoms with Crippen molar-refractivity contribution in [1.82, 2.24) is 19.1 Å². The van der Waals surface area contributed by atoms with E-state index in [-0.39, 0.29) is 31.0 Å². The summed E-state index contributed by atoms with van der Waals surface area (Å²) in [5, 5.41) is 3.65. The minimum Gasteiger partial charge on any atom is -0.493 e. The fraction of sp³-hybridized carbons (Fsp3) is 0.294. The van der Waals surface area contributed by atoms with Crippen molar-refractivity contribution in [2.24, 2.45) is 0 Å². The molecule has 0 atom stereocenters. The van der Waals surface area contributed by atoms with Crippen molar-refractivity contribution in [2.45, 2.75) is 46.2 Å². The zero-order valence-corrected chi connectivity index (χ0v) is 37.9. The van der Waals surface area contributed by atoms with E-state index in [1.807, 2.05) is 60.7 Å². The van der Waals surface area contributed by atoms with Gasteiger partial charge in [0, 0.05) is 63.2 Å². The lowest BCUT2D eigenvalue weighted by molar-refractivity contribution is 0.0389. The molecule has 14 heteroatoms. The molecule has 0 N–H and O–H groups in total. The molecule has 0 aliphatic rings. The minimum absolute atomic E-state index is 0.0312. The minimum atomic E-state index is -0.621. The summed E-state index contributed by atoms with van der Waals surface area (Å²) in [5.74, 6) is 1.45. The molecule has 0 bridgehead atoms. The van der Waals surface area contributed by atoms with E-state index < -0.39 is 11.9 Å². The highest BCUT2D eigenvalue weighted by atomic mass is 16.6. The van der Waals surface area contributed by atoms with Crippen molar-refractivity contribution in [1.29, 1.82) is 0 Å². The van der Waals surface area contributed by atoms with Gasteiger partial charge in [-0.25, -0.2) is 19.6 Å². The zero-order chi connectivity index (χ0) is 45.8. The van der Waals surface area contributed by atoms with Gasteiger partial charge in [-0.2, -0.15) is 0 Å². The normalized spacial score (nSPS) is 11.3. The number of nitrogens with zero attached hydrogens (tertiary/aromatic N) is 4. The van der Waals surface area contributed by atoms with Gasteiger partial charge in [0.2, 0.25) is 11.5 Å². The van der Waals surface area contributed by atoms with Gasteiger partial charge < -0.3 is 47.0 Å². The maximum Gasteiger partial charge on any atom is 0.356 e. The number of aryl methyl sites for hydroxylation is 2. The monoisotopic (exact) mass is 880 g/mol. The SMILES string of the molecule is CCCn1c2ccccc2c2cc(C(=O)OCCCOC(=O)c3cc4c5ccccc5n(CCC)c4c(-c4cc(OC)c(OC)c(OC)c4)n3)nc(-c3cc(OC)c(OC)c(OC)c3)c21. The van der Waals surface area contributed by atoms with Gasteiger partial charge in [0.05, 0.1) is 78.3 Å². The van der Waals surface area contributed by atoms with Crippen molar-refractivity contribution in [3.8, 4) is 57.0 Å². The van der Waals surface area contributed by atoms with Gasteiger partial charge in [0.15, 0.2) is 23.0 Å². The molecule has 0 radical (unpaired) electrons. The Morgan fingerprint density at radius 3 is 1.20 bits per heavy atom. The van der Waals surface area contributed by atoms with Gasteiger partial charge in [-0.15, -0.1) is 0 Å². The fourth-order valence-corrected chi connectivity index (χ4v) is 8.64. The average Bonchev–Trinajstić information content (AvgIpc) is 3.84. The second kappa shape index (κ2) is 19.1. The van der Waals surface area contributed by atoms with Crippen LogP contribution in [0.15, 0.2) is 84.9 Å². The topological polar surface area (TPSA) is 144 Å². The summed E-state index contributed by atoms with van der Waals surface area (Å²) in [5.41, 5.74) is 6.45. The number of methoxy groups -OCH3 is 6. The van der Waals surface area contributed by atoms with Crippen molar-refractivity contribution in [3.63, 3.8) is 0 Å². The fourth-order valence-electron chi connectivity index (χ4n) is 8.64. The number of aromatic nitrogens is 4. The highest BCUT2D eigenvalue weighted by molar-refractivity contribution is 6.15. The zero-order valence-electron chi connectivity index (χ0n) is 37.9. The van der Waals surface area contributed by atoms with Crippen molar-refractivity contribution < 1.29 is 47.5 Å². The molecular formula is C51H52N4O10. The van der Waals surface area contributed by atoms with E-state index >= 15 is 0 Å². The lowest BCUT2D eigenvalue weighted by Crippen LogP contribution is -2.13. The Bertz CT molecular complexity index is 2820. The molecule has 0 fully saturated rings. The molecular weight excluding hydrogens is 829 g/mol. The summed E-state index contributed by atoms with van der Waals surface area (Å²) in [6.07, 6.45) is 1.98. The van der Waals surface area contributed by atoms with E-state index in [1.165, 1.54) is 0 Å². The smallest absolute Gasteiger partial charge is 0.356 e. The molecule has 14 nitrogen and oxygen atoms in total. The molecule has 4 aromatic heterocycles. The van der Waals surface area contributed by atoms with Crippen molar-refractivity contribution >= 4 is 55.6 Å². The summed E-state index contributed by atoms with van der Waals surface area (Å²) in [4.78, 5) is 37.6. The Morgan fingerprint density at radius 2 is 0.862 bits per heavy atom. The number of carbonyl (C=O) groups is 2. The summed E-state index contributed by atoms with van der Waals surface area (Å²) in [6.45, 7) is 5.63. The summed E-state index contributed by atoms with van der Waals surface area (Å²) in [7, 11) is 9.32. The molecule has 0 amide bonds. The lowest BCUT2D eigenvalue weighted by atomic mass is 10.0. The first-order valence-electron chi connectivity index (χ1n) is 21.5. The van der Waals surface area contributed by atoms with Crippen LogP contribution in [0, 0.1) is 0 Å². The number of hydrogen-bond acceptors (Lipinski definition) is 12. The summed E-state index contributed by atoms with van der Waals surface area (Å²) >= 11 is 0. The van der Waals surface area contributed by atoms with Crippen molar-refractivity contribution in [2.75, 3.05) is 55.9 Å². The van der Waals surface area contributed by atoms with Gasteiger partial charge in [-0.1, -0.05) is 50.2 Å². The first-order valence-corrected chi connectivity index (χ1v) is 21.5. The summed E-state index contributed by atoms with van der Waals surface area (Å²) < 4.78 is 50.1. The quantitative estimate of drug-likeness (QED) is 0.0598. The second-order valence-corrected chi connectivity index (χ2v) is 15.3. The number of esters is 2. The Balaban J connectivity index is 1.08. The number of carbonyl (C=O) groups excluding carboxylic acids is 2. The average molecular weight is 881 g/mol. The predicted molar refractivity (Wildman–Crippen MR) is 250 cm³/mol. The van der Waals surface area contributed by atoms with Crippen LogP contribution in [-0.2, 0) is 22.6 Å². The van der Waals surface area contributed by atoms with Crippen LogP contribution >= 0.6 is 0 Å². The molecule has 0 aliphatic heterocycles. The highest BCUT2D eigenvalue weighted by Crippen LogP contribution is 2.45. The third-order valence-electron chi connectivity index (χ3n) is 11.4. The van der Waals surface area contributed by atoms with E-state index in [2.05, 4.69) is 35.1 Å². The van der Waals surface area contributed by atoms with Crippen LogP contribution in [0.2, 0.25) is 0 Å². The van der Waals surface area contributed by atoms with E-state index in [0.717, 1.165) is 69.5 Å². The van der Waals surface area contributed by atoms with Crippen molar-refractivity contribution in [3.05, 3.63) is 96.3 Å². The predicted octanol–water partition coefficient (Wildman–Crippen LogP) is 10.3.